The molecule has 0 spiro atoms. The molecule has 1 rings (SSSR count). The summed E-state index contributed by atoms with van der Waals surface area (Å²) in [5.74, 6) is -0.443. The van der Waals surface area contributed by atoms with Gasteiger partial charge < -0.3 is 10.4 Å². The number of hydrogen-bond acceptors (Lipinski definition) is 5. The maximum absolute atomic E-state index is 10.2. The number of nitrogens with one attached hydrogen (secondary N) is 1. The van der Waals surface area contributed by atoms with Crippen LogP contribution in [-0.2, 0) is 4.79 Å². The third kappa shape index (κ3) is 3.60. The van der Waals surface area contributed by atoms with Crippen molar-refractivity contribution >= 4 is 11.8 Å². The fourth-order valence-electron chi connectivity index (χ4n) is 0.996. The van der Waals surface area contributed by atoms with E-state index in [1.54, 1.807) is 0 Å². The average molecular weight is 206 g/mol. The first-order valence-electron chi connectivity index (χ1n) is 4.41. The van der Waals surface area contributed by atoms with E-state index in [0.29, 0.717) is 18.8 Å². The minimum absolute atomic E-state index is 0.0924. The van der Waals surface area contributed by atoms with Crippen LogP contribution < -0.4 is 5.32 Å². The highest BCUT2D eigenvalue weighted by atomic mass is 16.4. The van der Waals surface area contributed by atoms with Crippen LogP contribution in [0.5, 0.6) is 0 Å². The Kier molecular flexibility index (Phi) is 4.04. The fourth-order valence-corrected chi connectivity index (χ4v) is 0.996. The molecule has 0 aliphatic rings. The van der Waals surface area contributed by atoms with Crippen LogP contribution >= 0.6 is 0 Å². The van der Waals surface area contributed by atoms with E-state index in [0.717, 1.165) is 0 Å². The molecule has 0 aliphatic carbocycles. The smallest absolute Gasteiger partial charge is 0.303 e. The van der Waals surface area contributed by atoms with Gasteiger partial charge in [0.1, 0.15) is 6.07 Å². The standard InChI is InChI=1S/C9H10N4O2/c10-6-7-9(13-5-4-11-7)12-3-1-2-8(14)15/h4-5H,1-3H2,(H,12,13)(H,14,15). The highest BCUT2D eigenvalue weighted by molar-refractivity contribution is 5.66. The number of hydrogen-bond donors (Lipinski definition) is 2. The lowest BCUT2D eigenvalue weighted by molar-refractivity contribution is -0.137. The van der Waals surface area contributed by atoms with Crippen LogP contribution in [0.25, 0.3) is 0 Å². The molecule has 0 saturated carbocycles. The van der Waals surface area contributed by atoms with Gasteiger partial charge in [-0.05, 0) is 6.42 Å². The average Bonchev–Trinajstić information content (AvgIpc) is 2.24. The maximum atomic E-state index is 10.2. The monoisotopic (exact) mass is 206 g/mol. The first-order valence-corrected chi connectivity index (χ1v) is 4.41. The molecule has 1 aromatic rings. The number of anilines is 1. The summed E-state index contributed by atoms with van der Waals surface area (Å²) in [6, 6.07) is 1.89. The predicted octanol–water partition coefficient (Wildman–Crippen LogP) is 0.625. The fraction of sp³-hybridized carbons (Fsp3) is 0.333. The van der Waals surface area contributed by atoms with E-state index < -0.39 is 5.97 Å². The number of carboxylic acids is 1. The molecule has 0 atom stereocenters. The summed E-state index contributed by atoms with van der Waals surface area (Å²) in [5.41, 5.74) is 0.216. The SMILES string of the molecule is N#Cc1nccnc1NCCCC(=O)O. The van der Waals surface area contributed by atoms with E-state index in [2.05, 4.69) is 15.3 Å². The van der Waals surface area contributed by atoms with Gasteiger partial charge in [-0.15, -0.1) is 0 Å². The number of nitrogens with zero attached hydrogens (tertiary/aromatic N) is 3. The Morgan fingerprint density at radius 1 is 1.53 bits per heavy atom. The number of rotatable bonds is 5. The molecule has 1 heterocycles. The molecule has 0 saturated heterocycles. The van der Waals surface area contributed by atoms with Crippen molar-refractivity contribution in [2.45, 2.75) is 12.8 Å². The van der Waals surface area contributed by atoms with Crippen LogP contribution in [0, 0.1) is 11.3 Å². The Hall–Kier alpha value is -2.16. The molecular formula is C9H10N4O2. The van der Waals surface area contributed by atoms with Gasteiger partial charge in [-0.1, -0.05) is 0 Å². The normalized spacial score (nSPS) is 9.27. The van der Waals surface area contributed by atoms with E-state index in [4.69, 9.17) is 10.4 Å². The van der Waals surface area contributed by atoms with Gasteiger partial charge in [-0.3, -0.25) is 4.79 Å². The summed E-state index contributed by atoms with van der Waals surface area (Å²) >= 11 is 0. The lowest BCUT2D eigenvalue weighted by Crippen LogP contribution is -2.08. The van der Waals surface area contributed by atoms with Crippen molar-refractivity contribution in [3.05, 3.63) is 18.1 Å². The summed E-state index contributed by atoms with van der Waals surface area (Å²) in [4.78, 5) is 18.0. The van der Waals surface area contributed by atoms with Crippen molar-refractivity contribution in [2.24, 2.45) is 0 Å². The molecule has 2 N–H and O–H groups in total. The Morgan fingerprint density at radius 3 is 2.93 bits per heavy atom. The second kappa shape index (κ2) is 5.54. The maximum Gasteiger partial charge on any atom is 0.303 e. The number of carboxylic acid groups (broad SMARTS) is 1. The third-order valence-corrected chi connectivity index (χ3v) is 1.66. The van der Waals surface area contributed by atoms with Crippen LogP contribution in [0.3, 0.4) is 0 Å². The summed E-state index contributed by atoms with van der Waals surface area (Å²) in [5, 5.41) is 19.9. The number of aliphatic carboxylic acids is 1. The first kappa shape index (κ1) is 10.9. The quantitative estimate of drug-likeness (QED) is 0.685. The summed E-state index contributed by atoms with van der Waals surface area (Å²) < 4.78 is 0. The third-order valence-electron chi connectivity index (χ3n) is 1.66. The van der Waals surface area contributed by atoms with Gasteiger partial charge in [0.2, 0.25) is 0 Å². The van der Waals surface area contributed by atoms with Crippen molar-refractivity contribution in [2.75, 3.05) is 11.9 Å². The van der Waals surface area contributed by atoms with Gasteiger partial charge in [0, 0.05) is 25.4 Å². The molecule has 78 valence electrons. The molecule has 0 unspecified atom stereocenters. The van der Waals surface area contributed by atoms with Crippen molar-refractivity contribution < 1.29 is 9.90 Å². The Morgan fingerprint density at radius 2 is 2.27 bits per heavy atom. The molecule has 1 aromatic heterocycles. The molecule has 0 fully saturated rings. The molecule has 0 amide bonds. The minimum Gasteiger partial charge on any atom is -0.481 e. The molecular weight excluding hydrogens is 196 g/mol. The Labute approximate surface area is 86.6 Å². The zero-order chi connectivity index (χ0) is 11.1. The van der Waals surface area contributed by atoms with E-state index in [1.165, 1.54) is 12.4 Å². The highest BCUT2D eigenvalue weighted by Crippen LogP contribution is 2.06. The minimum atomic E-state index is -0.837. The van der Waals surface area contributed by atoms with E-state index in [9.17, 15) is 4.79 Å². The van der Waals surface area contributed by atoms with Crippen LogP contribution in [0.4, 0.5) is 5.82 Å². The van der Waals surface area contributed by atoms with Crippen LogP contribution in [0.15, 0.2) is 12.4 Å². The van der Waals surface area contributed by atoms with Gasteiger partial charge in [-0.2, -0.15) is 5.26 Å². The zero-order valence-corrected chi connectivity index (χ0v) is 7.97. The van der Waals surface area contributed by atoms with Gasteiger partial charge in [-0.25, -0.2) is 9.97 Å². The zero-order valence-electron chi connectivity index (χ0n) is 7.97. The Bertz CT molecular complexity index is 386. The summed E-state index contributed by atoms with van der Waals surface area (Å²) in [6.07, 6.45) is 3.48. The van der Waals surface area contributed by atoms with Crippen molar-refractivity contribution in [1.29, 1.82) is 5.26 Å². The lowest BCUT2D eigenvalue weighted by Gasteiger charge is -2.04. The van der Waals surface area contributed by atoms with Crippen LogP contribution in [0.1, 0.15) is 18.5 Å². The van der Waals surface area contributed by atoms with E-state index >= 15 is 0 Å². The molecule has 0 aromatic carbocycles. The summed E-state index contributed by atoms with van der Waals surface area (Å²) in [7, 11) is 0. The van der Waals surface area contributed by atoms with Gasteiger partial charge in [0.25, 0.3) is 0 Å². The van der Waals surface area contributed by atoms with Gasteiger partial charge >= 0.3 is 5.97 Å². The molecule has 0 bridgehead atoms. The van der Waals surface area contributed by atoms with Crippen molar-refractivity contribution in [3.63, 3.8) is 0 Å². The van der Waals surface area contributed by atoms with Crippen LogP contribution in [0.2, 0.25) is 0 Å². The van der Waals surface area contributed by atoms with Crippen molar-refractivity contribution in [3.8, 4) is 6.07 Å². The largest absolute Gasteiger partial charge is 0.481 e. The summed E-state index contributed by atoms with van der Waals surface area (Å²) in [6.45, 7) is 0.458. The predicted molar refractivity (Wildman–Crippen MR) is 52.1 cm³/mol. The van der Waals surface area contributed by atoms with Gasteiger partial charge in [0.05, 0.1) is 0 Å². The highest BCUT2D eigenvalue weighted by Gasteiger charge is 2.03. The van der Waals surface area contributed by atoms with Crippen LogP contribution in [-0.4, -0.2) is 27.6 Å². The van der Waals surface area contributed by atoms with Crippen molar-refractivity contribution in [1.82, 2.24) is 9.97 Å². The van der Waals surface area contributed by atoms with E-state index in [-0.39, 0.29) is 12.1 Å². The number of nitriles is 1. The molecule has 15 heavy (non-hydrogen) atoms. The molecule has 0 aliphatic heterocycles. The second-order valence-electron chi connectivity index (χ2n) is 2.79. The lowest BCUT2D eigenvalue weighted by atomic mass is 10.3. The Balaban J connectivity index is 2.44. The molecule has 6 heteroatoms. The van der Waals surface area contributed by atoms with Gasteiger partial charge in [0.15, 0.2) is 11.5 Å². The number of aromatic nitrogens is 2. The first-order chi connectivity index (χ1) is 7.24. The second-order valence-corrected chi connectivity index (χ2v) is 2.79. The number of carbonyl (C=O) groups is 1. The topological polar surface area (TPSA) is 98.9 Å². The van der Waals surface area contributed by atoms with E-state index in [1.807, 2.05) is 6.07 Å². The molecule has 6 nitrogen and oxygen atoms in total. The molecule has 0 radical (unpaired) electrons.